The molecule has 14 heavy (non-hydrogen) atoms. The van der Waals surface area contributed by atoms with Crippen molar-refractivity contribution in [3.05, 3.63) is 24.3 Å². The van der Waals surface area contributed by atoms with Crippen LogP contribution in [0.15, 0.2) is 24.3 Å². The molecule has 1 fully saturated rings. The smallest absolute Gasteiger partial charge is 0.146 e. The number of carbonyl (C=O) groups is 1. The molecule has 0 amide bonds. The third-order valence-corrected chi connectivity index (χ3v) is 4.07. The molecule has 2 bridgehead atoms. The van der Waals surface area contributed by atoms with Gasteiger partial charge in [0.2, 0.25) is 0 Å². The van der Waals surface area contributed by atoms with Gasteiger partial charge in [0.25, 0.3) is 0 Å². The van der Waals surface area contributed by atoms with E-state index in [1.807, 2.05) is 0 Å². The van der Waals surface area contributed by atoms with Crippen molar-refractivity contribution in [2.75, 3.05) is 6.61 Å². The van der Waals surface area contributed by atoms with E-state index < -0.39 is 0 Å². The number of aliphatic hydroxyl groups is 1. The zero-order valence-corrected chi connectivity index (χ0v) is 7.97. The first-order valence-electron chi connectivity index (χ1n) is 5.32. The number of Topliss-reactive ketones (excluding diaryl/α,β-unsaturated/α-hetero) is 1. The van der Waals surface area contributed by atoms with Gasteiger partial charge in [0.15, 0.2) is 0 Å². The summed E-state index contributed by atoms with van der Waals surface area (Å²) in [5.41, 5.74) is 0. The van der Waals surface area contributed by atoms with Crippen LogP contribution in [0.5, 0.6) is 0 Å². The SMILES string of the molecule is O=C1[C@H]2C=C[C@H]([C@@H]3CC=C[C@@H]32)[C@@H]1CO. The van der Waals surface area contributed by atoms with Gasteiger partial charge in [-0.15, -0.1) is 0 Å². The molecule has 2 heteroatoms. The van der Waals surface area contributed by atoms with Crippen molar-refractivity contribution in [3.63, 3.8) is 0 Å². The van der Waals surface area contributed by atoms with E-state index in [1.54, 1.807) is 0 Å². The van der Waals surface area contributed by atoms with Crippen LogP contribution in [-0.2, 0) is 4.79 Å². The van der Waals surface area contributed by atoms with E-state index in [0.29, 0.717) is 11.8 Å². The van der Waals surface area contributed by atoms with Crippen molar-refractivity contribution in [3.8, 4) is 0 Å². The summed E-state index contributed by atoms with van der Waals surface area (Å²) in [5, 5.41) is 9.23. The van der Waals surface area contributed by atoms with Crippen molar-refractivity contribution in [2.24, 2.45) is 29.6 Å². The minimum atomic E-state index is -0.119. The van der Waals surface area contributed by atoms with Crippen LogP contribution in [0, 0.1) is 29.6 Å². The molecule has 2 nitrogen and oxygen atoms in total. The molecule has 0 spiro atoms. The van der Waals surface area contributed by atoms with Crippen LogP contribution in [0.3, 0.4) is 0 Å². The van der Waals surface area contributed by atoms with E-state index in [1.165, 1.54) is 0 Å². The Morgan fingerprint density at radius 2 is 2.14 bits per heavy atom. The second-order valence-corrected chi connectivity index (χ2v) is 4.58. The first-order chi connectivity index (χ1) is 6.83. The van der Waals surface area contributed by atoms with E-state index >= 15 is 0 Å². The summed E-state index contributed by atoms with van der Waals surface area (Å²) in [6, 6.07) is 0. The number of carbonyl (C=O) groups excluding carboxylic acids is 1. The lowest BCUT2D eigenvalue weighted by Crippen LogP contribution is -2.48. The maximum absolute atomic E-state index is 11.9. The first-order valence-corrected chi connectivity index (χ1v) is 5.32. The molecule has 0 aliphatic heterocycles. The second-order valence-electron chi connectivity index (χ2n) is 4.58. The molecular weight excluding hydrogens is 176 g/mol. The highest BCUT2D eigenvalue weighted by Gasteiger charge is 2.50. The molecule has 0 aromatic carbocycles. The van der Waals surface area contributed by atoms with E-state index in [-0.39, 0.29) is 30.1 Å². The standard InChI is InChI=1S/C12H14O2/c13-6-11-9-4-5-10(12(11)14)8-3-1-2-7(8)9/h1,3-5,7-11,13H,2,6H2/t7-,8+,9-,10+,11+/m1/s1. The van der Waals surface area contributed by atoms with E-state index in [9.17, 15) is 9.90 Å². The third-order valence-electron chi connectivity index (χ3n) is 4.07. The fourth-order valence-corrected chi connectivity index (χ4v) is 3.38. The zero-order valence-electron chi connectivity index (χ0n) is 7.97. The normalized spacial score (nSPS) is 48.6. The Hall–Kier alpha value is -0.890. The number of aliphatic hydroxyl groups excluding tert-OH is 1. The summed E-state index contributed by atoms with van der Waals surface area (Å²) in [7, 11) is 0. The number of ketones is 1. The van der Waals surface area contributed by atoms with Gasteiger partial charge in [0, 0.05) is 11.8 Å². The topological polar surface area (TPSA) is 37.3 Å². The molecule has 74 valence electrons. The van der Waals surface area contributed by atoms with Crippen LogP contribution in [0.1, 0.15) is 6.42 Å². The molecule has 1 saturated carbocycles. The Labute approximate surface area is 83.3 Å². The fraction of sp³-hybridized carbons (Fsp3) is 0.583. The molecular formula is C12H14O2. The summed E-state index contributed by atoms with van der Waals surface area (Å²) in [4.78, 5) is 11.9. The lowest BCUT2D eigenvalue weighted by Gasteiger charge is -2.44. The van der Waals surface area contributed by atoms with E-state index in [2.05, 4.69) is 24.3 Å². The molecule has 0 unspecified atom stereocenters. The maximum Gasteiger partial charge on any atom is 0.146 e. The molecule has 0 radical (unpaired) electrons. The Balaban J connectivity index is 2.02. The van der Waals surface area contributed by atoms with Crippen molar-refractivity contribution < 1.29 is 9.90 Å². The van der Waals surface area contributed by atoms with Gasteiger partial charge in [-0.05, 0) is 24.2 Å². The molecule has 5 atom stereocenters. The number of rotatable bonds is 1. The van der Waals surface area contributed by atoms with Crippen molar-refractivity contribution in [1.29, 1.82) is 0 Å². The predicted molar refractivity (Wildman–Crippen MR) is 52.4 cm³/mol. The highest BCUT2D eigenvalue weighted by molar-refractivity contribution is 5.88. The number of allylic oxidation sites excluding steroid dienone is 4. The molecule has 4 rings (SSSR count). The van der Waals surface area contributed by atoms with Gasteiger partial charge in [0.1, 0.15) is 5.78 Å². The third kappa shape index (κ3) is 0.871. The quantitative estimate of drug-likeness (QED) is 0.630. The summed E-state index contributed by atoms with van der Waals surface area (Å²) < 4.78 is 0. The summed E-state index contributed by atoms with van der Waals surface area (Å²) >= 11 is 0. The summed E-state index contributed by atoms with van der Waals surface area (Å²) in [5.74, 6) is 1.50. The monoisotopic (exact) mass is 190 g/mol. The first kappa shape index (κ1) is 8.42. The van der Waals surface area contributed by atoms with Gasteiger partial charge in [-0.1, -0.05) is 24.3 Å². The Morgan fingerprint density at radius 1 is 1.29 bits per heavy atom. The van der Waals surface area contributed by atoms with Crippen molar-refractivity contribution in [1.82, 2.24) is 0 Å². The molecule has 4 aliphatic carbocycles. The van der Waals surface area contributed by atoms with Gasteiger partial charge in [-0.3, -0.25) is 4.79 Å². The van der Waals surface area contributed by atoms with Crippen LogP contribution < -0.4 is 0 Å². The predicted octanol–water partition coefficient (Wildman–Crippen LogP) is 1.17. The molecule has 1 N–H and O–H groups in total. The lowest BCUT2D eigenvalue weighted by atomic mass is 9.58. The number of hydrogen-bond acceptors (Lipinski definition) is 2. The summed E-state index contributed by atoms with van der Waals surface area (Å²) in [6.45, 7) is 0.0214. The van der Waals surface area contributed by atoms with Crippen molar-refractivity contribution >= 4 is 5.78 Å². The van der Waals surface area contributed by atoms with Crippen LogP contribution >= 0.6 is 0 Å². The maximum atomic E-state index is 11.9. The molecule has 0 saturated heterocycles. The lowest BCUT2D eigenvalue weighted by molar-refractivity contribution is -0.135. The highest BCUT2D eigenvalue weighted by Crippen LogP contribution is 2.50. The molecule has 0 heterocycles. The fourth-order valence-electron chi connectivity index (χ4n) is 3.38. The zero-order chi connectivity index (χ0) is 9.71. The van der Waals surface area contributed by atoms with Crippen molar-refractivity contribution in [2.45, 2.75) is 6.42 Å². The van der Waals surface area contributed by atoms with Gasteiger partial charge in [-0.2, -0.15) is 0 Å². The summed E-state index contributed by atoms with van der Waals surface area (Å²) in [6.07, 6.45) is 9.67. The number of fused-ring (bicyclic) bond motifs is 1. The minimum Gasteiger partial charge on any atom is -0.396 e. The van der Waals surface area contributed by atoms with Gasteiger partial charge < -0.3 is 5.11 Å². The highest BCUT2D eigenvalue weighted by atomic mass is 16.3. The molecule has 4 aliphatic rings. The van der Waals surface area contributed by atoms with Crippen LogP contribution in [0.4, 0.5) is 0 Å². The Bertz CT molecular complexity index is 329. The average molecular weight is 190 g/mol. The second kappa shape index (κ2) is 2.80. The van der Waals surface area contributed by atoms with Gasteiger partial charge >= 0.3 is 0 Å². The van der Waals surface area contributed by atoms with Gasteiger partial charge in [0.05, 0.1) is 6.61 Å². The minimum absolute atomic E-state index is 0.0214. The van der Waals surface area contributed by atoms with Crippen LogP contribution in [-0.4, -0.2) is 17.5 Å². The number of hydrogen-bond donors (Lipinski definition) is 1. The Morgan fingerprint density at radius 3 is 2.93 bits per heavy atom. The van der Waals surface area contributed by atoms with Crippen LogP contribution in [0.25, 0.3) is 0 Å². The average Bonchev–Trinajstić information content (AvgIpc) is 2.68. The van der Waals surface area contributed by atoms with E-state index in [4.69, 9.17) is 0 Å². The van der Waals surface area contributed by atoms with E-state index in [0.717, 1.165) is 6.42 Å². The largest absolute Gasteiger partial charge is 0.396 e. The molecule has 0 aromatic rings. The Kier molecular flexibility index (Phi) is 1.68. The van der Waals surface area contributed by atoms with Crippen LogP contribution in [0.2, 0.25) is 0 Å². The molecule has 0 aromatic heterocycles. The van der Waals surface area contributed by atoms with Gasteiger partial charge in [-0.25, -0.2) is 0 Å².